The van der Waals surface area contributed by atoms with Crippen molar-refractivity contribution in [2.75, 3.05) is 7.11 Å². The Bertz CT molecular complexity index is 277. The predicted molar refractivity (Wildman–Crippen MR) is 58.0 cm³/mol. The molecule has 1 rings (SSSR count). The number of ether oxygens (including phenoxy) is 2. The second kappa shape index (κ2) is 6.27. The lowest BCUT2D eigenvalue weighted by molar-refractivity contribution is -0.140. The van der Waals surface area contributed by atoms with Crippen molar-refractivity contribution in [1.29, 1.82) is 0 Å². The van der Waals surface area contributed by atoms with Crippen molar-refractivity contribution in [3.8, 4) is 0 Å². The first-order valence-corrected chi connectivity index (χ1v) is 5.39. The van der Waals surface area contributed by atoms with Gasteiger partial charge in [-0.15, -0.1) is 0 Å². The minimum absolute atomic E-state index is 0.236. The molecular formula is C12H18O3. The van der Waals surface area contributed by atoms with Gasteiger partial charge in [-0.05, 0) is 25.0 Å². The van der Waals surface area contributed by atoms with Gasteiger partial charge in [-0.3, -0.25) is 4.79 Å². The maximum Gasteiger partial charge on any atom is 0.313 e. The van der Waals surface area contributed by atoms with Gasteiger partial charge in [0.2, 0.25) is 0 Å². The van der Waals surface area contributed by atoms with Gasteiger partial charge >= 0.3 is 5.97 Å². The average molecular weight is 210 g/mol. The van der Waals surface area contributed by atoms with E-state index in [1.165, 1.54) is 7.11 Å². The summed E-state index contributed by atoms with van der Waals surface area (Å²) in [5.74, 6) is 1.45. The highest BCUT2D eigenvalue weighted by Crippen LogP contribution is 2.21. The van der Waals surface area contributed by atoms with Crippen LogP contribution in [0.1, 0.15) is 39.0 Å². The largest absolute Gasteiger partial charge is 0.469 e. The number of rotatable bonds is 5. The van der Waals surface area contributed by atoms with E-state index in [4.69, 9.17) is 4.74 Å². The standard InChI is InChI=1S/C12H18O3/c1-3-4-6-10-7-5-8-11(15-10)9-12(13)14-2/h7-8H,3-6,9H2,1-2H3. The number of hydrogen-bond donors (Lipinski definition) is 0. The van der Waals surface area contributed by atoms with Crippen LogP contribution in [0.25, 0.3) is 0 Å². The molecule has 0 aromatic carbocycles. The van der Waals surface area contributed by atoms with Gasteiger partial charge in [0.25, 0.3) is 0 Å². The molecule has 0 aliphatic carbocycles. The monoisotopic (exact) mass is 210 g/mol. The van der Waals surface area contributed by atoms with Crippen LogP contribution in [-0.2, 0) is 14.3 Å². The molecule has 0 atom stereocenters. The normalized spacial score (nSPS) is 15.1. The third kappa shape index (κ3) is 4.19. The van der Waals surface area contributed by atoms with Crippen LogP contribution in [0.3, 0.4) is 0 Å². The number of allylic oxidation sites excluding steroid dienone is 3. The first-order chi connectivity index (χ1) is 7.26. The lowest BCUT2D eigenvalue weighted by Crippen LogP contribution is -2.06. The number of hydrogen-bond acceptors (Lipinski definition) is 3. The molecule has 0 fully saturated rings. The van der Waals surface area contributed by atoms with Gasteiger partial charge in [-0.1, -0.05) is 13.3 Å². The van der Waals surface area contributed by atoms with Crippen LogP contribution in [0.4, 0.5) is 0 Å². The highest BCUT2D eigenvalue weighted by molar-refractivity contribution is 5.71. The first-order valence-electron chi connectivity index (χ1n) is 5.39. The van der Waals surface area contributed by atoms with Gasteiger partial charge in [-0.2, -0.15) is 0 Å². The summed E-state index contributed by atoms with van der Waals surface area (Å²) in [7, 11) is 1.39. The molecule has 3 nitrogen and oxygen atoms in total. The molecule has 0 aromatic rings. The van der Waals surface area contributed by atoms with Gasteiger partial charge in [0.1, 0.15) is 12.2 Å². The summed E-state index contributed by atoms with van der Waals surface area (Å²) < 4.78 is 10.2. The molecule has 15 heavy (non-hydrogen) atoms. The third-order valence-electron chi connectivity index (χ3n) is 2.28. The lowest BCUT2D eigenvalue weighted by atomic mass is 10.1. The Hall–Kier alpha value is -1.25. The van der Waals surface area contributed by atoms with E-state index in [1.54, 1.807) is 0 Å². The molecule has 1 aliphatic rings. The fourth-order valence-electron chi connectivity index (χ4n) is 1.40. The number of unbranched alkanes of at least 4 members (excludes halogenated alkanes) is 1. The van der Waals surface area contributed by atoms with Crippen molar-refractivity contribution in [1.82, 2.24) is 0 Å². The maximum absolute atomic E-state index is 11.0. The molecular weight excluding hydrogens is 192 g/mol. The second-order valence-corrected chi connectivity index (χ2v) is 3.54. The highest BCUT2D eigenvalue weighted by atomic mass is 16.5. The molecule has 0 bridgehead atoms. The van der Waals surface area contributed by atoms with E-state index in [9.17, 15) is 4.79 Å². The fourth-order valence-corrected chi connectivity index (χ4v) is 1.40. The summed E-state index contributed by atoms with van der Waals surface area (Å²) in [6.45, 7) is 2.15. The lowest BCUT2D eigenvalue weighted by Gasteiger charge is -2.16. The van der Waals surface area contributed by atoms with Crippen molar-refractivity contribution in [2.24, 2.45) is 0 Å². The van der Waals surface area contributed by atoms with Gasteiger partial charge in [0.15, 0.2) is 0 Å². The van der Waals surface area contributed by atoms with Crippen molar-refractivity contribution < 1.29 is 14.3 Å². The molecule has 1 aliphatic heterocycles. The van der Waals surface area contributed by atoms with Crippen LogP contribution in [-0.4, -0.2) is 13.1 Å². The quantitative estimate of drug-likeness (QED) is 0.654. The predicted octanol–water partition coefficient (Wildman–Crippen LogP) is 2.93. The molecule has 0 aromatic heterocycles. The van der Waals surface area contributed by atoms with Crippen molar-refractivity contribution in [3.05, 3.63) is 23.7 Å². The van der Waals surface area contributed by atoms with Crippen molar-refractivity contribution >= 4 is 5.97 Å². The van der Waals surface area contributed by atoms with Gasteiger partial charge in [0.05, 0.1) is 12.9 Å². The van der Waals surface area contributed by atoms with Crippen molar-refractivity contribution in [2.45, 2.75) is 39.0 Å². The van der Waals surface area contributed by atoms with E-state index >= 15 is 0 Å². The highest BCUT2D eigenvalue weighted by Gasteiger charge is 2.12. The van der Waals surface area contributed by atoms with E-state index in [-0.39, 0.29) is 12.4 Å². The van der Waals surface area contributed by atoms with Gasteiger partial charge < -0.3 is 9.47 Å². The zero-order valence-electron chi connectivity index (χ0n) is 9.41. The molecule has 0 saturated carbocycles. The zero-order valence-corrected chi connectivity index (χ0v) is 9.41. The Balaban J connectivity index is 2.37. The summed E-state index contributed by atoms with van der Waals surface area (Å²) in [5, 5.41) is 0. The Kier molecular flexibility index (Phi) is 4.95. The minimum atomic E-state index is -0.252. The molecule has 84 valence electrons. The van der Waals surface area contributed by atoms with Gasteiger partial charge in [0, 0.05) is 6.42 Å². The SMILES string of the molecule is CCCCC1=CCC=C(CC(=O)OC)O1. The van der Waals surface area contributed by atoms with Crippen LogP contribution < -0.4 is 0 Å². The molecule has 1 heterocycles. The fraction of sp³-hybridized carbons (Fsp3) is 0.583. The molecule has 0 amide bonds. The van der Waals surface area contributed by atoms with E-state index in [2.05, 4.69) is 17.7 Å². The Labute approximate surface area is 90.8 Å². The summed E-state index contributed by atoms with van der Waals surface area (Å²) >= 11 is 0. The number of carbonyl (C=O) groups excluding carboxylic acids is 1. The van der Waals surface area contributed by atoms with Crippen molar-refractivity contribution in [3.63, 3.8) is 0 Å². The zero-order chi connectivity index (χ0) is 11.1. The summed E-state index contributed by atoms with van der Waals surface area (Å²) in [4.78, 5) is 11.0. The summed E-state index contributed by atoms with van der Waals surface area (Å²) in [6.07, 6.45) is 8.30. The van der Waals surface area contributed by atoms with E-state index < -0.39 is 0 Å². The Morgan fingerprint density at radius 1 is 1.47 bits per heavy atom. The van der Waals surface area contributed by atoms with Crippen LogP contribution in [0.5, 0.6) is 0 Å². The Morgan fingerprint density at radius 2 is 2.20 bits per heavy atom. The molecule has 3 heteroatoms. The summed E-state index contributed by atoms with van der Waals surface area (Å²) in [5.41, 5.74) is 0. The first kappa shape index (κ1) is 11.8. The molecule has 0 unspecified atom stereocenters. The van der Waals surface area contributed by atoms with E-state index in [0.717, 1.165) is 37.2 Å². The summed E-state index contributed by atoms with van der Waals surface area (Å²) in [6, 6.07) is 0. The van der Waals surface area contributed by atoms with Crippen LogP contribution in [0.2, 0.25) is 0 Å². The minimum Gasteiger partial charge on any atom is -0.469 e. The maximum atomic E-state index is 11.0. The number of carbonyl (C=O) groups is 1. The third-order valence-corrected chi connectivity index (χ3v) is 2.28. The molecule has 0 saturated heterocycles. The van der Waals surface area contributed by atoms with Crippen LogP contribution in [0.15, 0.2) is 23.7 Å². The topological polar surface area (TPSA) is 35.5 Å². The molecule has 0 spiro atoms. The molecule has 0 radical (unpaired) electrons. The Morgan fingerprint density at radius 3 is 2.87 bits per heavy atom. The second-order valence-electron chi connectivity index (χ2n) is 3.54. The van der Waals surface area contributed by atoms with Crippen LogP contribution in [0, 0.1) is 0 Å². The van der Waals surface area contributed by atoms with E-state index in [0.29, 0.717) is 0 Å². The van der Waals surface area contributed by atoms with Gasteiger partial charge in [-0.25, -0.2) is 0 Å². The van der Waals surface area contributed by atoms with Crippen LogP contribution >= 0.6 is 0 Å². The average Bonchev–Trinajstić information content (AvgIpc) is 2.26. The molecule has 0 N–H and O–H groups in total. The van der Waals surface area contributed by atoms with E-state index in [1.807, 2.05) is 6.08 Å². The smallest absolute Gasteiger partial charge is 0.313 e. The number of methoxy groups -OCH3 is 1. The number of esters is 1.